The highest BCUT2D eigenvalue weighted by atomic mass is 28.4. The van der Waals surface area contributed by atoms with Gasteiger partial charge in [-0.1, -0.05) is 20.8 Å². The fraction of sp³-hybridized carbons (Fsp3) is 1.00. The molecule has 6 unspecified atom stereocenters. The van der Waals surface area contributed by atoms with Crippen molar-refractivity contribution >= 4 is 8.32 Å². The molecular weight excluding hydrogens is 348 g/mol. The van der Waals surface area contributed by atoms with E-state index in [2.05, 4.69) is 33.9 Å². The van der Waals surface area contributed by atoms with Crippen LogP contribution in [0.1, 0.15) is 65.7 Å². The van der Waals surface area contributed by atoms with Crippen LogP contribution in [-0.4, -0.2) is 24.6 Å². The van der Waals surface area contributed by atoms with Crippen LogP contribution in [0.2, 0.25) is 18.1 Å². The first-order valence-corrected chi connectivity index (χ1v) is 14.8. The lowest BCUT2D eigenvalue weighted by Crippen LogP contribution is -2.82. The number of hydrogen-bond acceptors (Lipinski definition) is 2. The molecule has 0 aliphatic heterocycles. The lowest BCUT2D eigenvalue weighted by atomic mass is 9.21. The highest BCUT2D eigenvalue weighted by Crippen LogP contribution is 2.86. The molecule has 10 aliphatic carbocycles. The maximum Gasteiger partial charge on any atom is 0.192 e. The number of aliphatic hydroxyl groups is 1. The van der Waals surface area contributed by atoms with Gasteiger partial charge in [0, 0.05) is 0 Å². The molecule has 0 heterocycles. The van der Waals surface area contributed by atoms with Gasteiger partial charge in [-0.2, -0.15) is 0 Å². The van der Waals surface area contributed by atoms with Gasteiger partial charge in [0.25, 0.3) is 0 Å². The Kier molecular flexibility index (Phi) is 2.67. The molecule has 0 amide bonds. The molecule has 2 nitrogen and oxygen atoms in total. The molecule has 0 saturated heterocycles. The molecule has 0 radical (unpaired) electrons. The third kappa shape index (κ3) is 1.68. The van der Waals surface area contributed by atoms with Crippen LogP contribution in [0.15, 0.2) is 0 Å². The van der Waals surface area contributed by atoms with Gasteiger partial charge in [-0.05, 0) is 116 Å². The van der Waals surface area contributed by atoms with Crippen molar-refractivity contribution in [1.82, 2.24) is 0 Å². The lowest BCUT2D eigenvalue weighted by molar-refractivity contribution is -0.389. The Hall–Kier alpha value is 0.137. The normalized spacial score (nSPS) is 64.2. The van der Waals surface area contributed by atoms with Crippen LogP contribution in [0.3, 0.4) is 0 Å². The molecule has 6 atom stereocenters. The lowest BCUT2D eigenvalue weighted by Gasteiger charge is -2.85. The Morgan fingerprint density at radius 1 is 0.815 bits per heavy atom. The van der Waals surface area contributed by atoms with Gasteiger partial charge in [0.05, 0.1) is 11.2 Å². The standard InChI is InChI=1S/C24H38O2Si/c1-21(2,3)27(4,5)26-23-9-17-14-6-13-15-7-22(25)8-16(13)20(18(14)10-23)24(11-22,12-23)19(15)17/h13-20,25H,6-12H2,1-5H3. The summed E-state index contributed by atoms with van der Waals surface area (Å²) in [4.78, 5) is 0. The Morgan fingerprint density at radius 2 is 1.33 bits per heavy atom. The SMILES string of the molecule is CC(C)(C)[Si](C)(C)OC12CC3C4CC5C6CC7(O)CC5C(C4C1)C(C7)(C2)C63. The minimum absolute atomic E-state index is 0.163. The molecule has 10 saturated carbocycles. The average Bonchev–Trinajstić information content (AvgIpc) is 2.49. The van der Waals surface area contributed by atoms with Crippen LogP contribution in [0.25, 0.3) is 0 Å². The summed E-state index contributed by atoms with van der Waals surface area (Å²) in [7, 11) is -1.77. The topological polar surface area (TPSA) is 29.5 Å². The zero-order valence-corrected chi connectivity index (χ0v) is 18.9. The molecule has 1 spiro atoms. The van der Waals surface area contributed by atoms with E-state index >= 15 is 0 Å². The Labute approximate surface area is 166 Å². The zero-order chi connectivity index (χ0) is 18.8. The first-order valence-electron chi connectivity index (χ1n) is 11.9. The van der Waals surface area contributed by atoms with Crippen molar-refractivity contribution in [3.8, 4) is 0 Å². The van der Waals surface area contributed by atoms with Crippen molar-refractivity contribution < 1.29 is 9.53 Å². The summed E-state index contributed by atoms with van der Waals surface area (Å²) in [5, 5.41) is 11.8. The van der Waals surface area contributed by atoms with E-state index in [1.807, 2.05) is 0 Å². The van der Waals surface area contributed by atoms with E-state index in [1.165, 1.54) is 25.7 Å². The fourth-order valence-corrected chi connectivity index (χ4v) is 12.8. The summed E-state index contributed by atoms with van der Waals surface area (Å²) in [5.74, 6) is 7.51. The second-order valence-corrected chi connectivity index (χ2v) is 18.7. The van der Waals surface area contributed by atoms with Gasteiger partial charge < -0.3 is 9.53 Å². The third-order valence-corrected chi connectivity index (χ3v) is 16.5. The molecule has 10 aliphatic rings. The summed E-state index contributed by atoms with van der Waals surface area (Å²) < 4.78 is 7.36. The molecule has 11 bridgehead atoms. The molecule has 150 valence electrons. The summed E-state index contributed by atoms with van der Waals surface area (Å²) in [5.41, 5.74) is 0.314. The smallest absolute Gasteiger partial charge is 0.192 e. The highest BCUT2D eigenvalue weighted by molar-refractivity contribution is 6.74. The Morgan fingerprint density at radius 3 is 1.85 bits per heavy atom. The van der Waals surface area contributed by atoms with Crippen LogP contribution < -0.4 is 0 Å². The molecule has 1 N–H and O–H groups in total. The van der Waals surface area contributed by atoms with E-state index < -0.39 is 8.32 Å². The molecule has 0 aromatic carbocycles. The molecular formula is C24H38O2Si. The van der Waals surface area contributed by atoms with Crippen LogP contribution in [-0.2, 0) is 4.43 Å². The van der Waals surface area contributed by atoms with Crippen molar-refractivity contribution in [2.45, 2.75) is 95.1 Å². The monoisotopic (exact) mass is 386 g/mol. The summed E-state index contributed by atoms with van der Waals surface area (Å²) in [6, 6.07) is 0. The van der Waals surface area contributed by atoms with E-state index in [1.54, 1.807) is 0 Å². The molecule has 10 rings (SSSR count). The predicted octanol–water partition coefficient (Wildman–Crippen LogP) is 5.22. The average molecular weight is 387 g/mol. The summed E-state index contributed by atoms with van der Waals surface area (Å²) >= 11 is 0. The number of rotatable bonds is 2. The van der Waals surface area contributed by atoms with E-state index in [-0.39, 0.29) is 11.2 Å². The van der Waals surface area contributed by atoms with Gasteiger partial charge >= 0.3 is 0 Å². The fourth-order valence-electron chi connectivity index (χ4n) is 11.1. The van der Waals surface area contributed by atoms with E-state index in [0.29, 0.717) is 10.5 Å². The van der Waals surface area contributed by atoms with E-state index in [0.717, 1.165) is 66.6 Å². The molecule has 27 heavy (non-hydrogen) atoms. The zero-order valence-electron chi connectivity index (χ0n) is 17.9. The van der Waals surface area contributed by atoms with Gasteiger partial charge in [-0.25, -0.2) is 0 Å². The Bertz CT molecular complexity index is 703. The van der Waals surface area contributed by atoms with Crippen LogP contribution >= 0.6 is 0 Å². The maximum atomic E-state index is 11.5. The van der Waals surface area contributed by atoms with Gasteiger partial charge in [-0.15, -0.1) is 0 Å². The van der Waals surface area contributed by atoms with Gasteiger partial charge in [0.2, 0.25) is 0 Å². The Balaban J connectivity index is 1.35. The predicted molar refractivity (Wildman–Crippen MR) is 109 cm³/mol. The number of hydrogen-bond donors (Lipinski definition) is 1. The second kappa shape index (κ2) is 4.28. The highest BCUT2D eigenvalue weighted by Gasteiger charge is 2.82. The van der Waals surface area contributed by atoms with E-state index in [4.69, 9.17) is 4.43 Å². The van der Waals surface area contributed by atoms with Crippen molar-refractivity contribution in [2.75, 3.05) is 0 Å². The van der Waals surface area contributed by atoms with Gasteiger partial charge in [0.1, 0.15) is 0 Å². The van der Waals surface area contributed by atoms with Crippen molar-refractivity contribution in [3.05, 3.63) is 0 Å². The van der Waals surface area contributed by atoms with Crippen molar-refractivity contribution in [1.29, 1.82) is 0 Å². The van der Waals surface area contributed by atoms with Crippen LogP contribution in [0.4, 0.5) is 0 Å². The molecule has 0 aromatic rings. The minimum Gasteiger partial charge on any atom is -0.411 e. The van der Waals surface area contributed by atoms with Gasteiger partial charge in [0.15, 0.2) is 8.32 Å². The summed E-state index contributed by atoms with van der Waals surface area (Å²) in [6.07, 6.45) is 8.99. The van der Waals surface area contributed by atoms with Crippen LogP contribution in [0, 0.1) is 52.8 Å². The largest absolute Gasteiger partial charge is 0.411 e. The maximum absolute atomic E-state index is 11.5. The molecule has 3 heteroatoms. The molecule has 10 fully saturated rings. The first kappa shape index (κ1) is 16.9. The molecule has 0 aromatic heterocycles. The minimum atomic E-state index is -1.77. The van der Waals surface area contributed by atoms with Crippen LogP contribution in [0.5, 0.6) is 0 Å². The van der Waals surface area contributed by atoms with Crippen molar-refractivity contribution in [3.63, 3.8) is 0 Å². The quantitative estimate of drug-likeness (QED) is 0.659. The third-order valence-electron chi connectivity index (χ3n) is 12.0. The first-order chi connectivity index (χ1) is 12.5. The van der Waals surface area contributed by atoms with Crippen molar-refractivity contribution in [2.24, 2.45) is 52.8 Å². The van der Waals surface area contributed by atoms with E-state index in [9.17, 15) is 5.11 Å². The second-order valence-electron chi connectivity index (χ2n) is 13.9. The van der Waals surface area contributed by atoms with Gasteiger partial charge in [-0.3, -0.25) is 0 Å². The summed E-state index contributed by atoms with van der Waals surface area (Å²) in [6.45, 7) is 12.1.